The second kappa shape index (κ2) is 6.04. The van der Waals surface area contributed by atoms with Crippen LogP contribution in [-0.4, -0.2) is 21.3 Å². The molecule has 3 rings (SSSR count). The molecule has 5 nitrogen and oxygen atoms in total. The van der Waals surface area contributed by atoms with Crippen LogP contribution in [0, 0.1) is 0 Å². The molecule has 3 aromatic rings. The summed E-state index contributed by atoms with van der Waals surface area (Å²) in [4.78, 5) is 12.4. The molecule has 118 valence electrons. The molecule has 0 spiro atoms. The van der Waals surface area contributed by atoms with Crippen LogP contribution in [0.4, 0.5) is 0 Å². The van der Waals surface area contributed by atoms with Gasteiger partial charge < -0.3 is 18.6 Å². The Kier molecular flexibility index (Phi) is 3.93. The van der Waals surface area contributed by atoms with Crippen LogP contribution in [0.15, 0.2) is 51.7 Å². The Morgan fingerprint density at radius 3 is 2.22 bits per heavy atom. The van der Waals surface area contributed by atoms with Crippen molar-refractivity contribution in [2.75, 3.05) is 21.3 Å². The molecule has 0 amide bonds. The molecule has 0 unspecified atom stereocenters. The molecule has 0 saturated heterocycles. The highest BCUT2D eigenvalue weighted by atomic mass is 16.5. The van der Waals surface area contributed by atoms with Crippen LogP contribution in [0.2, 0.25) is 0 Å². The number of methoxy groups -OCH3 is 3. The fourth-order valence-corrected chi connectivity index (χ4v) is 2.40. The van der Waals surface area contributed by atoms with E-state index in [0.29, 0.717) is 39.5 Å². The minimum atomic E-state index is -0.141. The fraction of sp³-hybridized carbons (Fsp3) is 0.167. The van der Waals surface area contributed by atoms with Gasteiger partial charge in [0, 0.05) is 12.1 Å². The maximum absolute atomic E-state index is 12.4. The molecule has 5 heteroatoms. The third-order valence-electron chi connectivity index (χ3n) is 3.61. The van der Waals surface area contributed by atoms with Crippen LogP contribution in [0.5, 0.6) is 17.2 Å². The van der Waals surface area contributed by atoms with Crippen molar-refractivity contribution in [1.82, 2.24) is 0 Å². The average Bonchev–Trinajstić information content (AvgIpc) is 2.60. The first-order chi connectivity index (χ1) is 11.2. The molecule has 23 heavy (non-hydrogen) atoms. The van der Waals surface area contributed by atoms with Gasteiger partial charge in [-0.05, 0) is 30.3 Å². The Bertz CT molecular complexity index is 911. The topological polar surface area (TPSA) is 57.9 Å². The number of hydrogen-bond acceptors (Lipinski definition) is 5. The van der Waals surface area contributed by atoms with Crippen molar-refractivity contribution < 1.29 is 18.6 Å². The van der Waals surface area contributed by atoms with E-state index in [9.17, 15) is 4.79 Å². The van der Waals surface area contributed by atoms with E-state index >= 15 is 0 Å². The third kappa shape index (κ3) is 2.73. The number of ether oxygens (including phenoxy) is 3. The van der Waals surface area contributed by atoms with Crippen molar-refractivity contribution in [2.45, 2.75) is 0 Å². The second-order valence-electron chi connectivity index (χ2n) is 4.90. The largest absolute Gasteiger partial charge is 0.497 e. The minimum absolute atomic E-state index is 0.141. The van der Waals surface area contributed by atoms with Crippen molar-refractivity contribution >= 4 is 11.0 Å². The van der Waals surface area contributed by atoms with Gasteiger partial charge in [0.2, 0.25) is 0 Å². The van der Waals surface area contributed by atoms with Crippen molar-refractivity contribution in [3.8, 4) is 28.6 Å². The van der Waals surface area contributed by atoms with Crippen LogP contribution >= 0.6 is 0 Å². The Labute approximate surface area is 133 Å². The summed E-state index contributed by atoms with van der Waals surface area (Å²) in [6.07, 6.45) is 0. The van der Waals surface area contributed by atoms with Gasteiger partial charge in [-0.25, -0.2) is 0 Å². The van der Waals surface area contributed by atoms with Gasteiger partial charge >= 0.3 is 0 Å². The monoisotopic (exact) mass is 312 g/mol. The zero-order valence-corrected chi connectivity index (χ0v) is 13.1. The van der Waals surface area contributed by atoms with Crippen molar-refractivity contribution in [1.29, 1.82) is 0 Å². The lowest BCUT2D eigenvalue weighted by Crippen LogP contribution is -2.01. The van der Waals surface area contributed by atoms with Gasteiger partial charge in [0.15, 0.2) is 5.43 Å². The Hall–Kier alpha value is -2.95. The average molecular weight is 312 g/mol. The van der Waals surface area contributed by atoms with Crippen molar-refractivity contribution in [3.05, 3.63) is 52.7 Å². The summed E-state index contributed by atoms with van der Waals surface area (Å²) in [6.45, 7) is 0. The summed E-state index contributed by atoms with van der Waals surface area (Å²) in [5, 5.41) is 0.473. The van der Waals surface area contributed by atoms with E-state index in [2.05, 4.69) is 0 Å². The molecule has 0 radical (unpaired) electrons. The third-order valence-corrected chi connectivity index (χ3v) is 3.61. The zero-order chi connectivity index (χ0) is 16.4. The van der Waals surface area contributed by atoms with Crippen molar-refractivity contribution in [2.24, 2.45) is 0 Å². The van der Waals surface area contributed by atoms with Gasteiger partial charge in [-0.2, -0.15) is 0 Å². The summed E-state index contributed by atoms with van der Waals surface area (Å²) < 4.78 is 21.6. The van der Waals surface area contributed by atoms with Gasteiger partial charge in [-0.15, -0.1) is 0 Å². The number of fused-ring (bicyclic) bond motifs is 1. The second-order valence-corrected chi connectivity index (χ2v) is 4.90. The first-order valence-corrected chi connectivity index (χ1v) is 7.00. The number of hydrogen-bond donors (Lipinski definition) is 0. The highest BCUT2D eigenvalue weighted by Gasteiger charge is 2.13. The minimum Gasteiger partial charge on any atom is -0.497 e. The molecule has 1 aromatic heterocycles. The van der Waals surface area contributed by atoms with Gasteiger partial charge in [0.1, 0.15) is 28.6 Å². The molecule has 2 aromatic carbocycles. The summed E-state index contributed by atoms with van der Waals surface area (Å²) in [7, 11) is 4.69. The first kappa shape index (κ1) is 15.0. The number of benzene rings is 2. The maximum atomic E-state index is 12.4. The van der Waals surface area contributed by atoms with E-state index in [-0.39, 0.29) is 5.43 Å². The van der Waals surface area contributed by atoms with Crippen molar-refractivity contribution in [3.63, 3.8) is 0 Å². The summed E-state index contributed by atoms with van der Waals surface area (Å²) in [5.41, 5.74) is 1.03. The van der Waals surface area contributed by atoms with E-state index < -0.39 is 0 Å². The van der Waals surface area contributed by atoms with Gasteiger partial charge in [-0.3, -0.25) is 4.79 Å². The highest BCUT2D eigenvalue weighted by Crippen LogP contribution is 2.34. The van der Waals surface area contributed by atoms with Crippen LogP contribution in [0.25, 0.3) is 22.3 Å². The molecule has 1 heterocycles. The standard InChI is InChI=1S/C18H16O5/c1-20-11-5-7-16-14(8-11)15(19)10-18(23-16)13-6-4-12(21-2)9-17(13)22-3/h4-10H,1-3H3. The Balaban J connectivity index is 2.19. The fourth-order valence-electron chi connectivity index (χ4n) is 2.40. The van der Waals surface area contributed by atoms with E-state index in [1.807, 2.05) is 0 Å². The van der Waals surface area contributed by atoms with Gasteiger partial charge in [0.05, 0.1) is 32.3 Å². The molecule has 0 aliphatic carbocycles. The predicted octanol–water partition coefficient (Wildman–Crippen LogP) is 3.49. The first-order valence-electron chi connectivity index (χ1n) is 7.00. The molecule has 0 atom stereocenters. The lowest BCUT2D eigenvalue weighted by molar-refractivity contribution is 0.394. The predicted molar refractivity (Wildman–Crippen MR) is 87.6 cm³/mol. The Morgan fingerprint density at radius 1 is 0.826 bits per heavy atom. The lowest BCUT2D eigenvalue weighted by atomic mass is 10.1. The molecule has 0 N–H and O–H groups in total. The summed E-state index contributed by atoms with van der Waals surface area (Å²) >= 11 is 0. The van der Waals surface area contributed by atoms with Crippen LogP contribution < -0.4 is 19.6 Å². The maximum Gasteiger partial charge on any atom is 0.193 e. The quantitative estimate of drug-likeness (QED) is 0.738. The van der Waals surface area contributed by atoms with E-state index in [1.165, 1.54) is 6.07 Å². The Morgan fingerprint density at radius 2 is 1.52 bits per heavy atom. The molecule has 0 aliphatic rings. The normalized spacial score (nSPS) is 10.6. The van der Waals surface area contributed by atoms with E-state index in [0.717, 1.165) is 0 Å². The van der Waals surface area contributed by atoms with Gasteiger partial charge in [0.25, 0.3) is 0 Å². The number of rotatable bonds is 4. The highest BCUT2D eigenvalue weighted by molar-refractivity contribution is 5.81. The van der Waals surface area contributed by atoms with E-state index in [1.54, 1.807) is 57.7 Å². The molecular formula is C18H16O5. The summed E-state index contributed by atoms with van der Waals surface area (Å²) in [5.74, 6) is 2.28. The molecule has 0 aliphatic heterocycles. The molecule has 0 fully saturated rings. The zero-order valence-electron chi connectivity index (χ0n) is 13.1. The summed E-state index contributed by atoms with van der Waals surface area (Å²) in [6, 6.07) is 11.9. The van der Waals surface area contributed by atoms with E-state index in [4.69, 9.17) is 18.6 Å². The molecule has 0 saturated carbocycles. The van der Waals surface area contributed by atoms with Crippen LogP contribution in [-0.2, 0) is 0 Å². The molecular weight excluding hydrogens is 296 g/mol. The molecule has 0 bridgehead atoms. The van der Waals surface area contributed by atoms with Gasteiger partial charge in [-0.1, -0.05) is 0 Å². The SMILES string of the molecule is COc1ccc(-c2cc(=O)c3cc(OC)ccc3o2)c(OC)c1. The van der Waals surface area contributed by atoms with Crippen LogP contribution in [0.3, 0.4) is 0 Å². The van der Waals surface area contributed by atoms with Crippen LogP contribution in [0.1, 0.15) is 0 Å². The smallest absolute Gasteiger partial charge is 0.193 e. The lowest BCUT2D eigenvalue weighted by Gasteiger charge is -2.10.